The summed E-state index contributed by atoms with van der Waals surface area (Å²) >= 11 is 1.94. The number of amides is 1. The minimum atomic E-state index is 0.343. The molecule has 1 aliphatic heterocycles. The Labute approximate surface area is 110 Å². The Hall–Kier alpha value is -0.220. The maximum absolute atomic E-state index is 11.9. The quantitative estimate of drug-likeness (QED) is 0.741. The molecule has 4 heteroatoms. The first-order valence-corrected chi connectivity index (χ1v) is 7.96. The van der Waals surface area contributed by atoms with Gasteiger partial charge in [0, 0.05) is 30.8 Å². The van der Waals surface area contributed by atoms with E-state index in [0.717, 1.165) is 44.1 Å². The summed E-state index contributed by atoms with van der Waals surface area (Å²) in [6.07, 6.45) is 6.15. The highest BCUT2D eigenvalue weighted by Crippen LogP contribution is 2.21. The second-order valence-corrected chi connectivity index (χ2v) is 6.17. The fraction of sp³-hybridized carbons (Fsp3) is 0.923. The van der Waals surface area contributed by atoms with E-state index in [9.17, 15) is 4.79 Å². The van der Waals surface area contributed by atoms with E-state index in [2.05, 4.69) is 25.4 Å². The number of piperidine rings is 1. The summed E-state index contributed by atoms with van der Waals surface area (Å²) < 4.78 is 0. The number of rotatable bonds is 6. The van der Waals surface area contributed by atoms with Gasteiger partial charge in [0.2, 0.25) is 5.91 Å². The third-order valence-electron chi connectivity index (χ3n) is 3.25. The molecule has 0 aliphatic carbocycles. The van der Waals surface area contributed by atoms with Crippen LogP contribution in [0.5, 0.6) is 0 Å². The molecule has 0 saturated carbocycles. The van der Waals surface area contributed by atoms with Crippen LogP contribution in [0.3, 0.4) is 0 Å². The number of hydrogen-bond acceptors (Lipinski definition) is 3. The first-order valence-electron chi connectivity index (χ1n) is 6.67. The van der Waals surface area contributed by atoms with E-state index in [1.807, 2.05) is 16.7 Å². The number of nitrogens with zero attached hydrogens (tertiary/aromatic N) is 1. The maximum atomic E-state index is 11.9. The van der Waals surface area contributed by atoms with Crippen LogP contribution in [0.1, 0.15) is 39.5 Å². The van der Waals surface area contributed by atoms with E-state index < -0.39 is 0 Å². The van der Waals surface area contributed by atoms with Gasteiger partial charge in [-0.3, -0.25) is 4.79 Å². The Morgan fingerprint density at radius 2 is 2.06 bits per heavy atom. The van der Waals surface area contributed by atoms with E-state index >= 15 is 0 Å². The Bertz CT molecular complexity index is 225. The Kier molecular flexibility index (Phi) is 6.97. The van der Waals surface area contributed by atoms with Gasteiger partial charge in [0.25, 0.3) is 0 Å². The normalized spacial score (nSPS) is 17.8. The van der Waals surface area contributed by atoms with Crippen molar-refractivity contribution in [3.63, 3.8) is 0 Å². The lowest BCUT2D eigenvalue weighted by Crippen LogP contribution is -2.39. The van der Waals surface area contributed by atoms with Crippen LogP contribution in [-0.2, 0) is 4.79 Å². The van der Waals surface area contributed by atoms with Crippen molar-refractivity contribution in [1.82, 2.24) is 10.2 Å². The predicted octanol–water partition coefficient (Wildman–Crippen LogP) is 2.12. The van der Waals surface area contributed by atoms with Gasteiger partial charge in [0.1, 0.15) is 0 Å². The standard InChI is InChI=1S/C13H26N2OS/c1-11(2)14-8-4-5-13(16)15-9-6-12(17-3)7-10-15/h11-12,14H,4-10H2,1-3H3. The summed E-state index contributed by atoms with van der Waals surface area (Å²) in [5.74, 6) is 0.343. The van der Waals surface area contributed by atoms with Gasteiger partial charge in [-0.15, -0.1) is 0 Å². The highest BCUT2D eigenvalue weighted by Gasteiger charge is 2.21. The number of hydrogen-bond donors (Lipinski definition) is 1. The number of carbonyl (C=O) groups excluding carboxylic acids is 1. The number of likely N-dealkylation sites (tertiary alicyclic amines) is 1. The summed E-state index contributed by atoms with van der Waals surface area (Å²) in [5.41, 5.74) is 0. The highest BCUT2D eigenvalue weighted by molar-refractivity contribution is 7.99. The molecule has 0 atom stereocenters. The molecule has 0 aromatic heterocycles. The smallest absolute Gasteiger partial charge is 0.222 e. The Morgan fingerprint density at radius 3 is 2.59 bits per heavy atom. The van der Waals surface area contributed by atoms with Crippen LogP contribution in [-0.4, -0.2) is 48.0 Å². The Morgan fingerprint density at radius 1 is 1.41 bits per heavy atom. The molecule has 1 fully saturated rings. The SMILES string of the molecule is CSC1CCN(C(=O)CCCNC(C)C)CC1. The second-order valence-electron chi connectivity index (χ2n) is 5.03. The lowest BCUT2D eigenvalue weighted by Gasteiger charge is -2.31. The van der Waals surface area contributed by atoms with Gasteiger partial charge in [-0.2, -0.15) is 11.8 Å². The average molecular weight is 258 g/mol. The fourth-order valence-corrected chi connectivity index (χ4v) is 2.81. The van der Waals surface area contributed by atoms with Crippen LogP contribution in [0.25, 0.3) is 0 Å². The highest BCUT2D eigenvalue weighted by atomic mass is 32.2. The van der Waals surface area contributed by atoms with E-state index in [-0.39, 0.29) is 0 Å². The zero-order chi connectivity index (χ0) is 12.7. The van der Waals surface area contributed by atoms with Gasteiger partial charge in [0.05, 0.1) is 0 Å². The summed E-state index contributed by atoms with van der Waals surface area (Å²) in [7, 11) is 0. The number of carbonyl (C=O) groups is 1. The second kappa shape index (κ2) is 7.98. The van der Waals surface area contributed by atoms with Crippen LogP contribution in [0, 0.1) is 0 Å². The molecule has 0 aromatic rings. The molecule has 0 aromatic carbocycles. The van der Waals surface area contributed by atoms with Gasteiger partial charge in [-0.05, 0) is 32.1 Å². The van der Waals surface area contributed by atoms with Gasteiger partial charge in [0.15, 0.2) is 0 Å². The van der Waals surface area contributed by atoms with Crippen molar-refractivity contribution in [3.8, 4) is 0 Å². The molecule has 1 amide bonds. The minimum Gasteiger partial charge on any atom is -0.343 e. The van der Waals surface area contributed by atoms with Crippen LogP contribution < -0.4 is 5.32 Å². The maximum Gasteiger partial charge on any atom is 0.222 e. The molecular weight excluding hydrogens is 232 g/mol. The largest absolute Gasteiger partial charge is 0.343 e. The summed E-state index contributed by atoms with van der Waals surface area (Å²) in [6, 6.07) is 0.516. The van der Waals surface area contributed by atoms with Crippen molar-refractivity contribution in [1.29, 1.82) is 0 Å². The molecule has 0 radical (unpaired) electrons. The summed E-state index contributed by atoms with van der Waals surface area (Å²) in [4.78, 5) is 14.0. The van der Waals surface area contributed by atoms with Crippen LogP contribution in [0.4, 0.5) is 0 Å². The molecule has 17 heavy (non-hydrogen) atoms. The van der Waals surface area contributed by atoms with E-state index in [4.69, 9.17) is 0 Å². The molecular formula is C13H26N2OS. The third kappa shape index (κ3) is 5.77. The first kappa shape index (κ1) is 14.8. The lowest BCUT2D eigenvalue weighted by atomic mass is 10.1. The topological polar surface area (TPSA) is 32.3 Å². The monoisotopic (exact) mass is 258 g/mol. The molecule has 1 N–H and O–H groups in total. The average Bonchev–Trinajstić information content (AvgIpc) is 2.34. The van der Waals surface area contributed by atoms with E-state index in [1.54, 1.807) is 0 Å². The van der Waals surface area contributed by atoms with Crippen molar-refractivity contribution >= 4 is 17.7 Å². The molecule has 0 spiro atoms. The Balaban J connectivity index is 2.12. The number of nitrogens with one attached hydrogen (secondary N) is 1. The lowest BCUT2D eigenvalue weighted by molar-refractivity contribution is -0.132. The zero-order valence-electron chi connectivity index (χ0n) is 11.4. The zero-order valence-corrected chi connectivity index (χ0v) is 12.2. The molecule has 1 rings (SSSR count). The van der Waals surface area contributed by atoms with Crippen molar-refractivity contribution in [3.05, 3.63) is 0 Å². The van der Waals surface area contributed by atoms with Gasteiger partial charge < -0.3 is 10.2 Å². The molecule has 1 saturated heterocycles. The van der Waals surface area contributed by atoms with Crippen LogP contribution >= 0.6 is 11.8 Å². The third-order valence-corrected chi connectivity index (χ3v) is 4.39. The van der Waals surface area contributed by atoms with Crippen molar-refractivity contribution in [2.45, 2.75) is 50.8 Å². The molecule has 100 valence electrons. The molecule has 0 bridgehead atoms. The van der Waals surface area contributed by atoms with Crippen molar-refractivity contribution in [2.24, 2.45) is 0 Å². The van der Waals surface area contributed by atoms with E-state index in [0.29, 0.717) is 18.4 Å². The van der Waals surface area contributed by atoms with Gasteiger partial charge >= 0.3 is 0 Å². The molecule has 0 unspecified atom stereocenters. The van der Waals surface area contributed by atoms with Gasteiger partial charge in [-0.1, -0.05) is 13.8 Å². The van der Waals surface area contributed by atoms with Gasteiger partial charge in [-0.25, -0.2) is 0 Å². The summed E-state index contributed by atoms with van der Waals surface area (Å²) in [6.45, 7) is 7.14. The van der Waals surface area contributed by atoms with Crippen LogP contribution in [0.15, 0.2) is 0 Å². The number of thioether (sulfide) groups is 1. The van der Waals surface area contributed by atoms with Crippen molar-refractivity contribution < 1.29 is 4.79 Å². The molecule has 3 nitrogen and oxygen atoms in total. The predicted molar refractivity (Wildman–Crippen MR) is 75.5 cm³/mol. The molecule has 1 heterocycles. The molecule has 1 aliphatic rings. The fourth-order valence-electron chi connectivity index (χ4n) is 2.13. The van der Waals surface area contributed by atoms with E-state index in [1.165, 1.54) is 0 Å². The first-order chi connectivity index (χ1) is 8.13. The van der Waals surface area contributed by atoms with Crippen molar-refractivity contribution in [2.75, 3.05) is 25.9 Å². The summed E-state index contributed by atoms with van der Waals surface area (Å²) in [5, 5.41) is 4.11. The minimum absolute atomic E-state index is 0.343. The van der Waals surface area contributed by atoms with Crippen LogP contribution in [0.2, 0.25) is 0 Å².